The zero-order chi connectivity index (χ0) is 80.8. The van der Waals surface area contributed by atoms with E-state index in [-0.39, 0.29) is 124 Å². The van der Waals surface area contributed by atoms with Gasteiger partial charge in [-0.3, -0.25) is 71.0 Å². The molecular formula is C76H86N15O19P3. The SMILES string of the molecule is COc1cc(C(=O)COP(=O)(COCCn2cnc3c(=O)[nH]c(N)nc32)OCc2ccc(C)cc2)ccc1C.Cc1ccc(COP(=O)(COCCn2cnc3c(=O)[nH]c(N)nc32)OCC(=O)c2ccc(C)cc2)cc1.Cc1ccc(COP(=O)(COCCn2cnc3c(=O)[nH]c(N)nc32)OCC(=O)c2ccc(C)cc2)cc1. The molecule has 0 aliphatic rings. The molecule has 0 fully saturated rings. The molecule has 0 aliphatic heterocycles. The standard InChI is InChI=1S/C26H30N5O7P.2C25H28N5O6P/c1-17-4-7-19(8-5-17)13-37-39(34,38-14-21(32)20-9-6-18(2)22(12-20)35-3)16-36-11-10-31-15-28-23-24(31)29-26(27)30-25(23)33;2*1-17-3-7-19(8-4-17)13-35-37(33,36-14-21(31)20-9-5-18(2)6-10-20)16-34-12-11-30-15-27-22-23(30)28-25(26)29-24(22)32/h4-9,12,15H,10-11,13-14,16H2,1-3H3,(H3,27,29,30,33);2*3-10,15H,11-14,16H2,1-2H3,(H3,26,28,29,32). The number of fused-ring (bicyclic) bond motifs is 3. The fourth-order valence-electron chi connectivity index (χ4n) is 10.5. The van der Waals surface area contributed by atoms with Gasteiger partial charge >= 0.3 is 22.8 Å². The van der Waals surface area contributed by atoms with Crippen LogP contribution in [0.2, 0.25) is 0 Å². The second-order valence-electron chi connectivity index (χ2n) is 25.9. The van der Waals surface area contributed by atoms with E-state index in [0.29, 0.717) is 39.4 Å². The lowest BCUT2D eigenvalue weighted by atomic mass is 10.1. The Morgan fingerprint density at radius 1 is 0.389 bits per heavy atom. The molecule has 3 atom stereocenters. The Bertz CT molecular complexity index is 5390. The quantitative estimate of drug-likeness (QED) is 0.0120. The number of aryl methyl sites for hydroxylation is 6. The van der Waals surface area contributed by atoms with E-state index in [9.17, 15) is 42.5 Å². The van der Waals surface area contributed by atoms with Gasteiger partial charge in [-0.1, -0.05) is 161 Å². The highest BCUT2D eigenvalue weighted by Crippen LogP contribution is 2.51. The van der Waals surface area contributed by atoms with Crippen LogP contribution in [-0.2, 0) is 94.5 Å². The fourth-order valence-corrected chi connectivity index (χ4v) is 14.2. The third-order valence-electron chi connectivity index (χ3n) is 17.0. The number of benzene rings is 6. The molecule has 113 heavy (non-hydrogen) atoms. The smallest absolute Gasteiger partial charge is 0.356 e. The van der Waals surface area contributed by atoms with E-state index in [1.807, 2.05) is 139 Å². The van der Waals surface area contributed by atoms with Crippen LogP contribution in [0.5, 0.6) is 5.75 Å². The van der Waals surface area contributed by atoms with Crippen molar-refractivity contribution in [3.05, 3.63) is 256 Å². The maximum absolute atomic E-state index is 13.6. The van der Waals surface area contributed by atoms with Crippen LogP contribution in [0.3, 0.4) is 0 Å². The molecule has 594 valence electrons. The largest absolute Gasteiger partial charge is 0.496 e. The molecule has 12 rings (SSSR count). The number of hydrogen-bond acceptors (Lipinski definition) is 28. The summed E-state index contributed by atoms with van der Waals surface area (Å²) < 4.78 is 101. The van der Waals surface area contributed by atoms with Crippen molar-refractivity contribution in [3.8, 4) is 5.75 Å². The minimum Gasteiger partial charge on any atom is -0.496 e. The third kappa shape index (κ3) is 24.5. The van der Waals surface area contributed by atoms with Gasteiger partial charge < -0.3 is 63.4 Å². The van der Waals surface area contributed by atoms with E-state index in [0.717, 1.165) is 50.1 Å². The Balaban J connectivity index is 0.000000180. The van der Waals surface area contributed by atoms with Crippen molar-refractivity contribution in [2.45, 2.75) is 81.0 Å². The normalized spacial score (nSPS) is 13.0. The molecule has 9 N–H and O–H groups in total. The van der Waals surface area contributed by atoms with Gasteiger partial charge in [0.15, 0.2) is 50.8 Å². The summed E-state index contributed by atoms with van der Waals surface area (Å²) in [6, 6.07) is 41.7. The van der Waals surface area contributed by atoms with Crippen molar-refractivity contribution in [2.75, 3.05) is 83.0 Å². The fraction of sp³-hybridized carbons (Fsp3) is 0.289. The van der Waals surface area contributed by atoms with Gasteiger partial charge in [-0.2, -0.15) is 15.0 Å². The highest BCUT2D eigenvalue weighted by atomic mass is 31.2. The van der Waals surface area contributed by atoms with E-state index in [4.69, 9.17) is 63.3 Å². The van der Waals surface area contributed by atoms with Crippen molar-refractivity contribution in [1.29, 1.82) is 0 Å². The monoisotopic (exact) mass is 1610 g/mol. The van der Waals surface area contributed by atoms with Crippen molar-refractivity contribution in [3.63, 3.8) is 0 Å². The van der Waals surface area contributed by atoms with Crippen LogP contribution in [0.4, 0.5) is 17.8 Å². The van der Waals surface area contributed by atoms with Crippen LogP contribution < -0.4 is 38.6 Å². The molecule has 0 saturated carbocycles. The highest BCUT2D eigenvalue weighted by molar-refractivity contribution is 7.54. The predicted octanol–water partition coefficient (Wildman–Crippen LogP) is 10.8. The van der Waals surface area contributed by atoms with Gasteiger partial charge in [-0.05, 0) is 69.9 Å². The van der Waals surface area contributed by atoms with Gasteiger partial charge in [0.1, 0.15) is 44.6 Å². The van der Waals surface area contributed by atoms with E-state index >= 15 is 0 Å². The number of ketones is 3. The Kier molecular flexibility index (Phi) is 29.4. The first-order valence-electron chi connectivity index (χ1n) is 35.2. The van der Waals surface area contributed by atoms with Crippen molar-refractivity contribution in [1.82, 2.24) is 58.6 Å². The van der Waals surface area contributed by atoms with Gasteiger partial charge in [0.2, 0.25) is 17.8 Å². The summed E-state index contributed by atoms with van der Waals surface area (Å²) in [5, 5.41) is 0. The number of anilines is 3. The summed E-state index contributed by atoms with van der Waals surface area (Å²) in [6.07, 6.45) is 3.19. The summed E-state index contributed by atoms with van der Waals surface area (Å²) in [5.74, 6) is -0.551. The Hall–Kier alpha value is -11.1. The Morgan fingerprint density at radius 2 is 0.664 bits per heavy atom. The maximum Gasteiger partial charge on any atom is 0.356 e. The molecule has 34 nitrogen and oxygen atoms in total. The number of aromatic amines is 3. The molecule has 0 aliphatic carbocycles. The van der Waals surface area contributed by atoms with Crippen molar-refractivity contribution < 1.29 is 74.2 Å². The minimum absolute atomic E-state index is 0.00555. The topological polar surface area (TPSA) is 463 Å². The number of carbonyl (C=O) groups is 3. The second kappa shape index (κ2) is 39.4. The average molecular weight is 1610 g/mol. The van der Waals surface area contributed by atoms with Crippen LogP contribution in [0, 0.1) is 41.5 Å². The molecule has 37 heteroatoms. The number of nitrogens with one attached hydrogen (secondary N) is 3. The molecule has 0 amide bonds. The number of nitrogen functional groups attached to an aromatic ring is 3. The summed E-state index contributed by atoms with van der Waals surface area (Å²) in [7, 11) is -9.96. The van der Waals surface area contributed by atoms with E-state index in [1.54, 1.807) is 56.2 Å². The first-order chi connectivity index (χ1) is 54.1. The number of aromatic nitrogens is 12. The summed E-state index contributed by atoms with van der Waals surface area (Å²) >= 11 is 0. The maximum atomic E-state index is 13.6. The van der Waals surface area contributed by atoms with Gasteiger partial charge in [0.05, 0.1) is 65.7 Å². The van der Waals surface area contributed by atoms with E-state index in [1.165, 1.54) is 26.1 Å². The predicted molar refractivity (Wildman–Crippen MR) is 422 cm³/mol. The molecular weight excluding hydrogens is 1520 g/mol. The third-order valence-corrected chi connectivity index (χ3v) is 21.6. The molecule has 0 saturated heterocycles. The molecule has 6 aromatic carbocycles. The van der Waals surface area contributed by atoms with Crippen LogP contribution in [0.25, 0.3) is 33.5 Å². The molecule has 6 heterocycles. The number of nitrogens with two attached hydrogens (primary N) is 3. The van der Waals surface area contributed by atoms with Crippen LogP contribution >= 0.6 is 22.8 Å². The molecule has 6 aromatic heterocycles. The molecule has 0 radical (unpaired) electrons. The average Bonchev–Trinajstić information content (AvgIpc) is 1.68. The lowest BCUT2D eigenvalue weighted by molar-refractivity contribution is 0.0852. The van der Waals surface area contributed by atoms with Crippen molar-refractivity contribution in [2.24, 2.45) is 0 Å². The lowest BCUT2D eigenvalue weighted by Gasteiger charge is -2.19. The first-order valence-corrected chi connectivity index (χ1v) is 40.3. The summed E-state index contributed by atoms with van der Waals surface area (Å²) in [6.45, 7) is 11.3. The molecule has 3 unspecified atom stereocenters. The Labute approximate surface area is 647 Å². The van der Waals surface area contributed by atoms with Crippen LogP contribution in [0.1, 0.15) is 81.1 Å². The minimum atomic E-state index is -3.86. The number of ether oxygens (including phenoxy) is 4. The Morgan fingerprint density at radius 3 is 0.956 bits per heavy atom. The van der Waals surface area contributed by atoms with Gasteiger partial charge in [0, 0.05) is 36.3 Å². The number of hydrogen-bond donors (Lipinski definition) is 6. The summed E-state index contributed by atoms with van der Waals surface area (Å²) in [5.41, 5.74) is 26.7. The lowest BCUT2D eigenvalue weighted by Crippen LogP contribution is -2.14. The van der Waals surface area contributed by atoms with E-state index in [2.05, 4.69) is 44.9 Å². The zero-order valence-electron chi connectivity index (χ0n) is 63.0. The highest BCUT2D eigenvalue weighted by Gasteiger charge is 2.31. The molecule has 12 aromatic rings. The van der Waals surface area contributed by atoms with Gasteiger partial charge in [-0.15, -0.1) is 0 Å². The van der Waals surface area contributed by atoms with Crippen molar-refractivity contribution >= 4 is 91.5 Å². The second-order valence-corrected chi connectivity index (χ2v) is 31.9. The van der Waals surface area contributed by atoms with Gasteiger partial charge in [0.25, 0.3) is 16.7 Å². The summed E-state index contributed by atoms with van der Waals surface area (Å²) in [4.78, 5) is 105. The van der Waals surface area contributed by atoms with E-state index < -0.39 is 65.6 Å². The number of methoxy groups -OCH3 is 1. The first kappa shape index (κ1) is 84.4. The number of rotatable bonds is 37. The number of H-pyrrole nitrogens is 3. The number of nitrogens with zero attached hydrogens (tertiary/aromatic N) is 9. The van der Waals surface area contributed by atoms with Gasteiger partial charge in [-0.25, -0.2) is 15.0 Å². The number of carbonyl (C=O) groups excluding carboxylic acids is 3. The number of imidazole rings is 3. The van der Waals surface area contributed by atoms with Crippen LogP contribution in [0.15, 0.2) is 173 Å². The zero-order valence-corrected chi connectivity index (χ0v) is 65.7. The molecule has 0 bridgehead atoms. The molecule has 0 spiro atoms. The number of Topliss-reactive ketones (excluding diaryl/α,β-unsaturated/α-hetero) is 3. The van der Waals surface area contributed by atoms with Crippen LogP contribution in [-0.4, -0.2) is 142 Å².